The number of hydrogen-bond donors (Lipinski definition) is 2. The summed E-state index contributed by atoms with van der Waals surface area (Å²) in [7, 11) is 1.54. The average molecular weight is 267 g/mol. The van der Waals surface area contributed by atoms with E-state index in [9.17, 15) is 9.90 Å². The van der Waals surface area contributed by atoms with Gasteiger partial charge in [0, 0.05) is 30.8 Å². The Labute approximate surface area is 113 Å². The third-order valence-corrected chi connectivity index (χ3v) is 3.01. The van der Waals surface area contributed by atoms with E-state index < -0.39 is 5.97 Å². The van der Waals surface area contributed by atoms with Crippen molar-refractivity contribution >= 4 is 5.97 Å². The molecule has 0 heterocycles. The Kier molecular flexibility index (Phi) is 5.63. The molecule has 1 aromatic carbocycles. The van der Waals surface area contributed by atoms with Crippen molar-refractivity contribution in [2.75, 3.05) is 13.7 Å². The Morgan fingerprint density at radius 2 is 2.11 bits per heavy atom. The van der Waals surface area contributed by atoms with Gasteiger partial charge in [0.2, 0.25) is 0 Å². The van der Waals surface area contributed by atoms with Crippen LogP contribution in [0.1, 0.15) is 25.8 Å². The third kappa shape index (κ3) is 4.79. The molecule has 0 atom stereocenters. The van der Waals surface area contributed by atoms with Crippen molar-refractivity contribution in [3.63, 3.8) is 0 Å². The number of aromatic hydroxyl groups is 1. The second kappa shape index (κ2) is 6.99. The van der Waals surface area contributed by atoms with Crippen LogP contribution in [0.15, 0.2) is 18.2 Å². The summed E-state index contributed by atoms with van der Waals surface area (Å²) in [6.07, 6.45) is 0.0924. The van der Waals surface area contributed by atoms with Gasteiger partial charge in [-0.2, -0.15) is 0 Å². The molecule has 0 aliphatic carbocycles. The molecule has 0 saturated heterocycles. The zero-order valence-electron chi connectivity index (χ0n) is 11.6. The molecule has 0 aliphatic rings. The first kappa shape index (κ1) is 15.3. The lowest BCUT2D eigenvalue weighted by molar-refractivity contribution is -0.137. The maximum atomic E-state index is 10.6. The maximum Gasteiger partial charge on any atom is 0.304 e. The van der Waals surface area contributed by atoms with E-state index in [4.69, 9.17) is 9.84 Å². The molecule has 0 radical (unpaired) electrons. The van der Waals surface area contributed by atoms with Crippen molar-refractivity contribution in [2.45, 2.75) is 32.9 Å². The average Bonchev–Trinajstić information content (AvgIpc) is 2.35. The fourth-order valence-electron chi connectivity index (χ4n) is 1.78. The first-order chi connectivity index (χ1) is 8.93. The number of hydrogen-bond acceptors (Lipinski definition) is 4. The summed E-state index contributed by atoms with van der Waals surface area (Å²) in [6.45, 7) is 4.98. The van der Waals surface area contributed by atoms with Gasteiger partial charge in [0.15, 0.2) is 0 Å². The normalized spacial score (nSPS) is 11.0. The van der Waals surface area contributed by atoms with Crippen LogP contribution in [0.2, 0.25) is 0 Å². The lowest BCUT2D eigenvalue weighted by atomic mass is 10.1. The molecule has 1 aromatic rings. The number of benzene rings is 1. The molecule has 5 nitrogen and oxygen atoms in total. The molecule has 0 bridgehead atoms. The monoisotopic (exact) mass is 267 g/mol. The SMILES string of the molecule is COc1ccc(CN(CCC(=O)O)C(C)C)c(O)c1. The van der Waals surface area contributed by atoms with E-state index in [2.05, 4.69) is 0 Å². The quantitative estimate of drug-likeness (QED) is 0.791. The van der Waals surface area contributed by atoms with Crippen LogP contribution >= 0.6 is 0 Å². The molecular weight excluding hydrogens is 246 g/mol. The highest BCUT2D eigenvalue weighted by Gasteiger charge is 2.14. The largest absolute Gasteiger partial charge is 0.507 e. The Bertz CT molecular complexity index is 431. The van der Waals surface area contributed by atoms with Gasteiger partial charge in [0.05, 0.1) is 13.5 Å². The van der Waals surface area contributed by atoms with Crippen molar-refractivity contribution in [3.05, 3.63) is 23.8 Å². The number of carboxylic acids is 1. The molecule has 5 heteroatoms. The number of carbonyl (C=O) groups is 1. The lowest BCUT2D eigenvalue weighted by Gasteiger charge is -2.26. The summed E-state index contributed by atoms with van der Waals surface area (Å²) >= 11 is 0. The Hall–Kier alpha value is -1.75. The van der Waals surface area contributed by atoms with E-state index in [1.54, 1.807) is 25.3 Å². The van der Waals surface area contributed by atoms with Crippen molar-refractivity contribution in [1.82, 2.24) is 4.90 Å². The molecule has 2 N–H and O–H groups in total. The van der Waals surface area contributed by atoms with E-state index in [1.165, 1.54) is 0 Å². The van der Waals surface area contributed by atoms with E-state index in [0.717, 1.165) is 5.56 Å². The minimum Gasteiger partial charge on any atom is -0.507 e. The highest BCUT2D eigenvalue weighted by Crippen LogP contribution is 2.25. The Balaban J connectivity index is 2.75. The number of nitrogens with zero attached hydrogens (tertiary/aromatic N) is 1. The van der Waals surface area contributed by atoms with E-state index in [-0.39, 0.29) is 18.2 Å². The highest BCUT2D eigenvalue weighted by molar-refractivity contribution is 5.66. The standard InChI is InChI=1S/C14H21NO4/c1-10(2)15(7-6-14(17)18)9-11-4-5-12(19-3)8-13(11)16/h4-5,8,10,16H,6-7,9H2,1-3H3,(H,17,18). The van der Waals surface area contributed by atoms with Gasteiger partial charge in [0.25, 0.3) is 0 Å². The van der Waals surface area contributed by atoms with Gasteiger partial charge in [-0.05, 0) is 19.9 Å². The molecule has 1 rings (SSSR count). The minimum absolute atomic E-state index is 0.0924. The van der Waals surface area contributed by atoms with Gasteiger partial charge in [-0.3, -0.25) is 9.69 Å². The van der Waals surface area contributed by atoms with Crippen LogP contribution in [-0.2, 0) is 11.3 Å². The molecule has 0 saturated carbocycles. The molecule has 106 valence electrons. The maximum absolute atomic E-state index is 10.6. The summed E-state index contributed by atoms with van der Waals surface area (Å²) in [4.78, 5) is 12.6. The van der Waals surface area contributed by atoms with Gasteiger partial charge >= 0.3 is 5.97 Å². The second-order valence-corrected chi connectivity index (χ2v) is 4.70. The molecule has 0 aromatic heterocycles. The fourth-order valence-corrected chi connectivity index (χ4v) is 1.78. The summed E-state index contributed by atoms with van der Waals surface area (Å²) < 4.78 is 5.03. The number of phenols is 1. The smallest absolute Gasteiger partial charge is 0.304 e. The molecule has 0 aliphatic heterocycles. The molecule has 0 amide bonds. The number of aliphatic carboxylic acids is 1. The zero-order chi connectivity index (χ0) is 14.4. The first-order valence-corrected chi connectivity index (χ1v) is 6.25. The van der Waals surface area contributed by atoms with Gasteiger partial charge in [-0.25, -0.2) is 0 Å². The number of carboxylic acid groups (broad SMARTS) is 1. The Morgan fingerprint density at radius 1 is 1.42 bits per heavy atom. The third-order valence-electron chi connectivity index (χ3n) is 3.01. The van der Waals surface area contributed by atoms with Crippen LogP contribution in [0, 0.1) is 0 Å². The number of rotatable bonds is 7. The van der Waals surface area contributed by atoms with Crippen LogP contribution in [0.3, 0.4) is 0 Å². The number of methoxy groups -OCH3 is 1. The van der Waals surface area contributed by atoms with Crippen molar-refractivity contribution in [2.24, 2.45) is 0 Å². The summed E-state index contributed by atoms with van der Waals surface area (Å²) in [6, 6.07) is 5.35. The van der Waals surface area contributed by atoms with Crippen molar-refractivity contribution in [1.29, 1.82) is 0 Å². The van der Waals surface area contributed by atoms with Crippen LogP contribution in [0.5, 0.6) is 11.5 Å². The summed E-state index contributed by atoms with van der Waals surface area (Å²) in [5.41, 5.74) is 0.764. The summed E-state index contributed by atoms with van der Waals surface area (Å²) in [5, 5.41) is 18.6. The van der Waals surface area contributed by atoms with Crippen LogP contribution in [-0.4, -0.2) is 40.8 Å². The second-order valence-electron chi connectivity index (χ2n) is 4.70. The number of phenolic OH excluding ortho intramolecular Hbond substituents is 1. The van der Waals surface area contributed by atoms with Crippen LogP contribution in [0.25, 0.3) is 0 Å². The molecule has 0 spiro atoms. The van der Waals surface area contributed by atoms with Gasteiger partial charge < -0.3 is 14.9 Å². The lowest BCUT2D eigenvalue weighted by Crippen LogP contribution is -2.32. The van der Waals surface area contributed by atoms with E-state index in [1.807, 2.05) is 18.7 Å². The Morgan fingerprint density at radius 3 is 2.58 bits per heavy atom. The zero-order valence-corrected chi connectivity index (χ0v) is 11.6. The van der Waals surface area contributed by atoms with Crippen LogP contribution in [0.4, 0.5) is 0 Å². The van der Waals surface area contributed by atoms with E-state index in [0.29, 0.717) is 18.8 Å². The van der Waals surface area contributed by atoms with Gasteiger partial charge in [0.1, 0.15) is 11.5 Å². The topological polar surface area (TPSA) is 70.0 Å². The predicted molar refractivity (Wildman–Crippen MR) is 72.5 cm³/mol. The molecule has 0 unspecified atom stereocenters. The van der Waals surface area contributed by atoms with E-state index >= 15 is 0 Å². The van der Waals surface area contributed by atoms with Crippen LogP contribution < -0.4 is 4.74 Å². The van der Waals surface area contributed by atoms with Gasteiger partial charge in [-0.1, -0.05) is 6.07 Å². The number of ether oxygens (including phenoxy) is 1. The summed E-state index contributed by atoms with van der Waals surface area (Å²) in [5.74, 6) is -0.0483. The minimum atomic E-state index is -0.815. The molecule has 19 heavy (non-hydrogen) atoms. The van der Waals surface area contributed by atoms with Crippen molar-refractivity contribution < 1.29 is 19.7 Å². The van der Waals surface area contributed by atoms with Crippen molar-refractivity contribution in [3.8, 4) is 11.5 Å². The van der Waals surface area contributed by atoms with Gasteiger partial charge in [-0.15, -0.1) is 0 Å². The fraction of sp³-hybridized carbons (Fsp3) is 0.500. The molecule has 0 fully saturated rings. The molecular formula is C14H21NO4. The first-order valence-electron chi connectivity index (χ1n) is 6.25. The highest BCUT2D eigenvalue weighted by atomic mass is 16.5. The predicted octanol–water partition coefficient (Wildman–Crippen LogP) is 2.09.